The van der Waals surface area contributed by atoms with Crippen molar-refractivity contribution in [2.24, 2.45) is 0 Å². The second-order valence-corrected chi connectivity index (χ2v) is 2.75. The summed E-state index contributed by atoms with van der Waals surface area (Å²) in [5.74, 6) is 0. The van der Waals surface area contributed by atoms with E-state index in [2.05, 4.69) is 16.4 Å². The highest BCUT2D eigenvalue weighted by Gasteiger charge is 1.91. The summed E-state index contributed by atoms with van der Waals surface area (Å²) >= 11 is 0. The van der Waals surface area contributed by atoms with E-state index in [-0.39, 0.29) is 0 Å². The molecule has 0 bridgehead atoms. The van der Waals surface area contributed by atoms with Crippen molar-refractivity contribution in [3.05, 3.63) is 11.9 Å². The Kier molecular flexibility index (Phi) is 2.72. The van der Waals surface area contributed by atoms with Crippen LogP contribution in [0.1, 0.15) is 25.5 Å². The summed E-state index contributed by atoms with van der Waals surface area (Å²) in [6, 6.07) is 0. The minimum absolute atomic E-state index is 0.458. The predicted molar refractivity (Wildman–Crippen MR) is 40.1 cm³/mol. The zero-order valence-corrected chi connectivity index (χ0v) is 6.59. The summed E-state index contributed by atoms with van der Waals surface area (Å²) in [6.45, 7) is 2.19. The molecule has 0 fully saturated rings. The van der Waals surface area contributed by atoms with Crippen LogP contribution < -0.4 is 0 Å². The van der Waals surface area contributed by atoms with Crippen LogP contribution in [0.3, 0.4) is 0 Å². The zero-order valence-electron chi connectivity index (χ0n) is 5.59. The molecule has 0 saturated carbocycles. The Labute approximate surface area is 56.9 Å². The maximum atomic E-state index is 4.20. The van der Waals surface area contributed by atoms with Crippen LogP contribution in [-0.2, 0) is 6.42 Å². The second-order valence-electron chi connectivity index (χ2n) is 2.06. The van der Waals surface area contributed by atoms with E-state index in [1.54, 1.807) is 0 Å². The SMILES string of the molecule is CCCCc1cn[pH]n1. The smallest absolute Gasteiger partial charge is 0.0646 e. The molecular formula is C6H11N2P. The average molecular weight is 142 g/mol. The number of nitrogens with zero attached hydrogens (tertiary/aromatic N) is 2. The topological polar surface area (TPSA) is 25.8 Å². The van der Waals surface area contributed by atoms with E-state index in [0.29, 0.717) is 8.51 Å². The fourth-order valence-corrected chi connectivity index (χ4v) is 1.27. The Hall–Kier alpha value is -0.360. The maximum Gasteiger partial charge on any atom is 0.0646 e. The number of hydrogen-bond donors (Lipinski definition) is 0. The quantitative estimate of drug-likeness (QED) is 0.643. The number of aryl methyl sites for hydroxylation is 1. The number of unbranched alkanes of at least 4 members (excludes halogenated alkanes) is 1. The first kappa shape index (κ1) is 6.76. The van der Waals surface area contributed by atoms with E-state index in [0.717, 1.165) is 6.42 Å². The predicted octanol–water partition coefficient (Wildman–Crippen LogP) is 1.85. The van der Waals surface area contributed by atoms with Crippen molar-refractivity contribution >= 4 is 8.51 Å². The molecule has 9 heavy (non-hydrogen) atoms. The molecule has 1 heterocycles. The van der Waals surface area contributed by atoms with Gasteiger partial charge in [0.25, 0.3) is 0 Å². The molecule has 0 amide bonds. The van der Waals surface area contributed by atoms with E-state index in [1.165, 1.54) is 18.5 Å². The van der Waals surface area contributed by atoms with Crippen molar-refractivity contribution in [1.82, 2.24) is 9.49 Å². The first-order valence-electron chi connectivity index (χ1n) is 3.28. The van der Waals surface area contributed by atoms with Crippen LogP contribution in [0.15, 0.2) is 6.20 Å². The fourth-order valence-electron chi connectivity index (χ4n) is 0.704. The molecule has 0 aliphatic rings. The fraction of sp³-hybridized carbons (Fsp3) is 0.667. The van der Waals surface area contributed by atoms with Gasteiger partial charge < -0.3 is 0 Å². The van der Waals surface area contributed by atoms with Gasteiger partial charge in [-0.3, -0.25) is 0 Å². The van der Waals surface area contributed by atoms with Crippen LogP contribution in [0.5, 0.6) is 0 Å². The van der Waals surface area contributed by atoms with Crippen LogP contribution in [0.4, 0.5) is 0 Å². The second kappa shape index (κ2) is 3.62. The molecule has 0 aliphatic heterocycles. The summed E-state index contributed by atoms with van der Waals surface area (Å²) in [6.07, 6.45) is 5.51. The van der Waals surface area contributed by atoms with Gasteiger partial charge in [0, 0.05) is 0 Å². The number of aromatic nitrogens is 2. The van der Waals surface area contributed by atoms with Crippen LogP contribution in [0.2, 0.25) is 0 Å². The molecule has 0 spiro atoms. The lowest BCUT2D eigenvalue weighted by molar-refractivity contribution is 0.783. The van der Waals surface area contributed by atoms with E-state index in [9.17, 15) is 0 Å². The highest BCUT2D eigenvalue weighted by molar-refractivity contribution is 7.20. The van der Waals surface area contributed by atoms with E-state index in [4.69, 9.17) is 0 Å². The molecule has 1 aromatic heterocycles. The lowest BCUT2D eigenvalue weighted by atomic mass is 10.2. The number of rotatable bonds is 3. The molecule has 50 valence electrons. The van der Waals surface area contributed by atoms with Crippen molar-refractivity contribution in [2.75, 3.05) is 0 Å². The Balaban J connectivity index is 2.30. The van der Waals surface area contributed by atoms with Crippen LogP contribution in [0.25, 0.3) is 0 Å². The summed E-state index contributed by atoms with van der Waals surface area (Å²) in [5.41, 5.74) is 1.19. The first-order chi connectivity index (χ1) is 4.43. The third-order valence-corrected chi connectivity index (χ3v) is 1.88. The summed E-state index contributed by atoms with van der Waals surface area (Å²) in [5, 5.41) is 0. The van der Waals surface area contributed by atoms with Crippen molar-refractivity contribution < 1.29 is 0 Å². The third-order valence-electron chi connectivity index (χ3n) is 1.25. The normalized spacial score (nSPS) is 10.8. The van der Waals surface area contributed by atoms with Gasteiger partial charge in [0.1, 0.15) is 0 Å². The molecular weight excluding hydrogens is 131 g/mol. The lowest BCUT2D eigenvalue weighted by Gasteiger charge is -1.88. The molecule has 1 rings (SSSR count). The van der Waals surface area contributed by atoms with Crippen molar-refractivity contribution in [3.63, 3.8) is 0 Å². The zero-order chi connectivity index (χ0) is 6.53. The van der Waals surface area contributed by atoms with Crippen molar-refractivity contribution in [1.29, 1.82) is 0 Å². The van der Waals surface area contributed by atoms with Gasteiger partial charge >= 0.3 is 0 Å². The standard InChI is InChI=1S/C6H11N2P/c1-2-3-4-6-5-7-9-8-6/h5,9H,2-4H2,1H3. The molecule has 0 radical (unpaired) electrons. The summed E-state index contributed by atoms with van der Waals surface area (Å²) in [7, 11) is 0.458. The van der Waals surface area contributed by atoms with Gasteiger partial charge in [0.15, 0.2) is 0 Å². The number of hydrogen-bond acceptors (Lipinski definition) is 2. The van der Waals surface area contributed by atoms with Crippen molar-refractivity contribution in [2.45, 2.75) is 26.2 Å². The van der Waals surface area contributed by atoms with E-state index in [1.807, 2.05) is 6.20 Å². The van der Waals surface area contributed by atoms with Gasteiger partial charge in [-0.1, -0.05) is 13.3 Å². The Bertz CT molecular complexity index is 148. The average Bonchev–Trinajstić information content (AvgIpc) is 2.34. The first-order valence-corrected chi connectivity index (χ1v) is 4.17. The van der Waals surface area contributed by atoms with Crippen LogP contribution >= 0.6 is 8.51 Å². The molecule has 0 aromatic carbocycles. The van der Waals surface area contributed by atoms with Gasteiger partial charge in [-0.15, -0.1) is 0 Å². The lowest BCUT2D eigenvalue weighted by Crippen LogP contribution is -1.81. The molecule has 0 N–H and O–H groups in total. The largest absolute Gasteiger partial charge is 0.228 e. The molecule has 2 nitrogen and oxygen atoms in total. The summed E-state index contributed by atoms with van der Waals surface area (Å²) in [4.78, 5) is 0. The maximum absolute atomic E-state index is 4.20. The Morgan fingerprint density at radius 3 is 3.11 bits per heavy atom. The van der Waals surface area contributed by atoms with Crippen LogP contribution in [0, 0.1) is 0 Å². The molecule has 0 aliphatic carbocycles. The monoisotopic (exact) mass is 142 g/mol. The third kappa shape index (κ3) is 2.15. The van der Waals surface area contributed by atoms with Gasteiger partial charge in [0.2, 0.25) is 0 Å². The summed E-state index contributed by atoms with van der Waals surface area (Å²) < 4.78 is 8.21. The van der Waals surface area contributed by atoms with E-state index >= 15 is 0 Å². The van der Waals surface area contributed by atoms with Gasteiger partial charge in [-0.25, -0.2) is 9.49 Å². The Morgan fingerprint density at radius 1 is 1.67 bits per heavy atom. The van der Waals surface area contributed by atoms with Gasteiger partial charge in [-0.05, 0) is 12.8 Å². The molecule has 1 aromatic rings. The molecule has 1 unspecified atom stereocenters. The highest BCUT2D eigenvalue weighted by Crippen LogP contribution is 2.03. The Morgan fingerprint density at radius 2 is 2.56 bits per heavy atom. The van der Waals surface area contributed by atoms with Crippen molar-refractivity contribution in [3.8, 4) is 0 Å². The minimum Gasteiger partial charge on any atom is -0.228 e. The minimum atomic E-state index is 0.458. The molecule has 0 saturated heterocycles. The molecule has 1 atom stereocenters. The van der Waals surface area contributed by atoms with Gasteiger partial charge in [0.05, 0.1) is 20.4 Å². The van der Waals surface area contributed by atoms with Crippen LogP contribution in [-0.4, -0.2) is 9.49 Å². The van der Waals surface area contributed by atoms with Gasteiger partial charge in [-0.2, -0.15) is 0 Å². The van der Waals surface area contributed by atoms with E-state index < -0.39 is 0 Å². The molecule has 3 heteroatoms. The highest BCUT2D eigenvalue weighted by atomic mass is 31.1.